The second-order valence-corrected chi connectivity index (χ2v) is 12.8. The number of para-hydroxylation sites is 1. The van der Waals surface area contributed by atoms with Crippen LogP contribution in [0.4, 0.5) is 5.69 Å². The van der Waals surface area contributed by atoms with Gasteiger partial charge in [-0.15, -0.1) is 0 Å². The Morgan fingerprint density at radius 1 is 1.07 bits per heavy atom. The van der Waals surface area contributed by atoms with Gasteiger partial charge < -0.3 is 10.1 Å². The van der Waals surface area contributed by atoms with Gasteiger partial charge in [0.2, 0.25) is 15.9 Å². The number of nitrogens with one attached hydrogen (secondary N) is 1. The van der Waals surface area contributed by atoms with Crippen LogP contribution in [0.15, 0.2) is 48.5 Å². The Hall–Kier alpha value is -2.76. The number of rotatable bonds is 10. The maximum absolute atomic E-state index is 12.5. The molecular formula is C29H36ClN5O4S. The van der Waals surface area contributed by atoms with Gasteiger partial charge in [0.1, 0.15) is 0 Å². The molecule has 1 fully saturated rings. The van der Waals surface area contributed by atoms with Crippen molar-refractivity contribution in [1.82, 2.24) is 19.0 Å². The molecule has 1 N–H and O–H groups in total. The SMILES string of the molecule is CS(=O)(=O)N1CCc2c(c(-c3ccc(Cl)c(CCC(=O)Nc4ccccc4)c3)nn2CCCN2CCOCC2)C1. The summed E-state index contributed by atoms with van der Waals surface area (Å²) in [7, 11) is -3.34. The van der Waals surface area contributed by atoms with Crippen molar-refractivity contribution in [1.29, 1.82) is 0 Å². The fourth-order valence-electron chi connectivity index (χ4n) is 5.34. The number of fused-ring (bicyclic) bond motifs is 1. The van der Waals surface area contributed by atoms with Crippen molar-refractivity contribution in [2.45, 2.75) is 38.8 Å². The van der Waals surface area contributed by atoms with Crippen LogP contribution in [-0.2, 0) is 45.5 Å². The maximum Gasteiger partial charge on any atom is 0.224 e. The number of hydrogen-bond donors (Lipinski definition) is 1. The minimum absolute atomic E-state index is 0.0848. The lowest BCUT2D eigenvalue weighted by Gasteiger charge is -2.27. The molecule has 0 radical (unpaired) electrons. The fraction of sp³-hybridized carbons (Fsp3) is 0.448. The summed E-state index contributed by atoms with van der Waals surface area (Å²) in [4.78, 5) is 15.0. The number of nitrogens with zero attached hydrogens (tertiary/aromatic N) is 4. The van der Waals surface area contributed by atoms with Crippen molar-refractivity contribution in [2.75, 3.05) is 51.0 Å². The summed E-state index contributed by atoms with van der Waals surface area (Å²) in [6.07, 6.45) is 3.58. The molecule has 2 aromatic carbocycles. The summed E-state index contributed by atoms with van der Waals surface area (Å²) < 4.78 is 33.8. The molecule has 0 bridgehead atoms. The van der Waals surface area contributed by atoms with Gasteiger partial charge in [-0.1, -0.05) is 35.9 Å². The Balaban J connectivity index is 1.35. The second-order valence-electron chi connectivity index (χ2n) is 10.4. The van der Waals surface area contributed by atoms with E-state index in [2.05, 4.69) is 14.9 Å². The number of benzene rings is 2. The minimum Gasteiger partial charge on any atom is -0.379 e. The fourth-order valence-corrected chi connectivity index (χ4v) is 6.34. The first-order valence-electron chi connectivity index (χ1n) is 13.8. The smallest absolute Gasteiger partial charge is 0.224 e. The Morgan fingerprint density at radius 2 is 1.85 bits per heavy atom. The van der Waals surface area contributed by atoms with Crippen molar-refractivity contribution in [3.8, 4) is 11.3 Å². The summed E-state index contributed by atoms with van der Waals surface area (Å²) in [5.41, 5.74) is 5.30. The average molecular weight is 586 g/mol. The van der Waals surface area contributed by atoms with Crippen molar-refractivity contribution >= 4 is 33.2 Å². The van der Waals surface area contributed by atoms with Crippen LogP contribution in [0.2, 0.25) is 5.02 Å². The molecule has 2 aliphatic heterocycles. The third-order valence-corrected chi connectivity index (χ3v) is 9.13. The van der Waals surface area contributed by atoms with Crippen LogP contribution in [0.1, 0.15) is 29.7 Å². The summed E-state index contributed by atoms with van der Waals surface area (Å²) in [6.45, 7) is 5.92. The van der Waals surface area contributed by atoms with Gasteiger partial charge >= 0.3 is 0 Å². The number of anilines is 1. The van der Waals surface area contributed by atoms with Gasteiger partial charge in [0.15, 0.2) is 0 Å². The summed E-state index contributed by atoms with van der Waals surface area (Å²) in [5.74, 6) is -0.0848. The molecule has 0 saturated carbocycles. The molecule has 3 heterocycles. The maximum atomic E-state index is 12.5. The number of carbonyl (C=O) groups excluding carboxylic acids is 1. The van der Waals surface area contributed by atoms with E-state index in [1.165, 1.54) is 10.6 Å². The van der Waals surface area contributed by atoms with E-state index in [4.69, 9.17) is 21.4 Å². The van der Waals surface area contributed by atoms with Crippen LogP contribution >= 0.6 is 11.6 Å². The molecule has 11 heteroatoms. The van der Waals surface area contributed by atoms with Gasteiger partial charge in [-0.25, -0.2) is 8.42 Å². The van der Waals surface area contributed by atoms with E-state index in [0.29, 0.717) is 31.0 Å². The van der Waals surface area contributed by atoms with Crippen molar-refractivity contribution in [2.24, 2.45) is 0 Å². The minimum atomic E-state index is -3.34. The van der Waals surface area contributed by atoms with E-state index in [1.54, 1.807) is 0 Å². The van der Waals surface area contributed by atoms with E-state index < -0.39 is 10.0 Å². The lowest BCUT2D eigenvalue weighted by Crippen LogP contribution is -2.37. The number of sulfonamides is 1. The number of ether oxygens (including phenoxy) is 1. The van der Waals surface area contributed by atoms with Gasteiger partial charge in [0, 0.05) is 79.6 Å². The lowest BCUT2D eigenvalue weighted by molar-refractivity contribution is -0.116. The molecule has 1 amide bonds. The molecule has 2 aliphatic rings. The number of amides is 1. The number of aryl methyl sites for hydroxylation is 2. The second kappa shape index (κ2) is 12.8. The Kier molecular flexibility index (Phi) is 9.22. The highest BCUT2D eigenvalue weighted by atomic mass is 35.5. The van der Waals surface area contributed by atoms with Gasteiger partial charge in [-0.2, -0.15) is 9.40 Å². The highest BCUT2D eigenvalue weighted by Crippen LogP contribution is 2.33. The number of carbonyl (C=O) groups is 1. The first kappa shape index (κ1) is 28.8. The van der Waals surface area contributed by atoms with Gasteiger partial charge in [-0.3, -0.25) is 14.4 Å². The highest BCUT2D eigenvalue weighted by Gasteiger charge is 2.30. The topological polar surface area (TPSA) is 96.8 Å². The molecule has 0 unspecified atom stereocenters. The van der Waals surface area contributed by atoms with Crippen LogP contribution in [0, 0.1) is 0 Å². The zero-order chi connectivity index (χ0) is 28.1. The van der Waals surface area contributed by atoms with Crippen LogP contribution in [-0.4, -0.2) is 79.0 Å². The lowest BCUT2D eigenvalue weighted by atomic mass is 9.99. The molecule has 0 aliphatic carbocycles. The van der Waals surface area contributed by atoms with Crippen LogP contribution in [0.25, 0.3) is 11.3 Å². The monoisotopic (exact) mass is 585 g/mol. The Bertz CT molecular complexity index is 1440. The van der Waals surface area contributed by atoms with Crippen LogP contribution < -0.4 is 5.32 Å². The van der Waals surface area contributed by atoms with Crippen molar-refractivity contribution in [3.05, 3.63) is 70.4 Å². The van der Waals surface area contributed by atoms with E-state index >= 15 is 0 Å². The molecule has 0 atom stereocenters. The molecule has 1 saturated heterocycles. The van der Waals surface area contributed by atoms with Crippen LogP contribution in [0.5, 0.6) is 0 Å². The molecule has 5 rings (SSSR count). The molecule has 0 spiro atoms. The molecule has 214 valence electrons. The Labute approximate surface area is 241 Å². The quantitative estimate of drug-likeness (QED) is 0.389. The number of halogens is 1. The van der Waals surface area contributed by atoms with E-state index in [1.807, 2.05) is 48.5 Å². The third-order valence-electron chi connectivity index (χ3n) is 7.51. The molecule has 1 aromatic heterocycles. The predicted molar refractivity (Wildman–Crippen MR) is 157 cm³/mol. The first-order valence-corrected chi connectivity index (χ1v) is 16.0. The summed E-state index contributed by atoms with van der Waals surface area (Å²) >= 11 is 6.54. The zero-order valence-electron chi connectivity index (χ0n) is 22.8. The summed E-state index contributed by atoms with van der Waals surface area (Å²) in [6, 6.07) is 15.1. The third kappa shape index (κ3) is 7.11. The number of aromatic nitrogens is 2. The largest absolute Gasteiger partial charge is 0.379 e. The first-order chi connectivity index (χ1) is 19.3. The predicted octanol–water partition coefficient (Wildman–Crippen LogP) is 3.81. The van der Waals surface area contributed by atoms with Gasteiger partial charge in [0.05, 0.1) is 25.2 Å². The zero-order valence-corrected chi connectivity index (χ0v) is 24.4. The normalized spacial score (nSPS) is 16.6. The van der Waals surface area contributed by atoms with Gasteiger partial charge in [0.25, 0.3) is 0 Å². The van der Waals surface area contributed by atoms with E-state index in [9.17, 15) is 13.2 Å². The van der Waals surface area contributed by atoms with Crippen molar-refractivity contribution in [3.63, 3.8) is 0 Å². The van der Waals surface area contributed by atoms with E-state index in [-0.39, 0.29) is 12.3 Å². The molecular weight excluding hydrogens is 550 g/mol. The molecule has 3 aromatic rings. The van der Waals surface area contributed by atoms with E-state index in [0.717, 1.165) is 79.6 Å². The highest BCUT2D eigenvalue weighted by molar-refractivity contribution is 7.88. The van der Waals surface area contributed by atoms with Crippen molar-refractivity contribution < 1.29 is 17.9 Å². The summed E-state index contributed by atoms with van der Waals surface area (Å²) in [5, 5.41) is 8.52. The number of hydrogen-bond acceptors (Lipinski definition) is 6. The van der Waals surface area contributed by atoms with Crippen LogP contribution in [0.3, 0.4) is 0 Å². The standard InChI is InChI=1S/C29H36ClN5O4S/c1-40(37,38)34-15-12-27-25(21-34)29(32-35(27)14-5-13-33-16-18-39-19-17-33)23-8-10-26(30)22(20-23)9-11-28(36)31-24-6-3-2-4-7-24/h2-4,6-8,10,20H,5,9,11-19,21H2,1H3,(H,31,36). The molecule has 40 heavy (non-hydrogen) atoms. The average Bonchev–Trinajstić information content (AvgIpc) is 3.31. The Morgan fingerprint density at radius 3 is 2.60 bits per heavy atom. The molecule has 9 nitrogen and oxygen atoms in total. The number of morpholine rings is 1. The van der Waals surface area contributed by atoms with Gasteiger partial charge in [-0.05, 0) is 42.7 Å².